The normalized spacial score (nSPS) is 28.1. The second-order valence-electron chi connectivity index (χ2n) is 7.48. The summed E-state index contributed by atoms with van der Waals surface area (Å²) >= 11 is 0. The Balaban J connectivity index is 2.04. The fourth-order valence-corrected chi connectivity index (χ4v) is 3.42. The summed E-state index contributed by atoms with van der Waals surface area (Å²) < 4.78 is 0. The molecule has 0 bridgehead atoms. The molecular formula is C17H28N2O. The minimum atomic E-state index is -0.576. The van der Waals surface area contributed by atoms with E-state index in [0.717, 1.165) is 31.2 Å². The van der Waals surface area contributed by atoms with Crippen LogP contribution < -0.4 is 5.73 Å². The van der Waals surface area contributed by atoms with Crippen molar-refractivity contribution in [2.24, 2.45) is 11.3 Å². The maximum Gasteiger partial charge on any atom is 0.123 e. The van der Waals surface area contributed by atoms with Crippen LogP contribution in [-0.4, -0.2) is 15.7 Å². The van der Waals surface area contributed by atoms with Gasteiger partial charge in [-0.1, -0.05) is 27.2 Å². The van der Waals surface area contributed by atoms with Crippen LogP contribution in [0.15, 0.2) is 18.3 Å². The van der Waals surface area contributed by atoms with Gasteiger partial charge < -0.3 is 10.8 Å². The third-order valence-corrected chi connectivity index (χ3v) is 4.76. The van der Waals surface area contributed by atoms with E-state index in [9.17, 15) is 5.11 Å². The van der Waals surface area contributed by atoms with Crippen molar-refractivity contribution < 1.29 is 5.11 Å². The van der Waals surface area contributed by atoms with Crippen LogP contribution in [0.4, 0.5) is 5.82 Å². The molecule has 1 aliphatic carbocycles. The molecule has 3 heteroatoms. The van der Waals surface area contributed by atoms with E-state index in [-0.39, 0.29) is 0 Å². The van der Waals surface area contributed by atoms with Crippen LogP contribution in [0.25, 0.3) is 0 Å². The first kappa shape index (κ1) is 15.3. The van der Waals surface area contributed by atoms with Gasteiger partial charge in [0.25, 0.3) is 0 Å². The van der Waals surface area contributed by atoms with Gasteiger partial charge in [0.05, 0.1) is 5.60 Å². The summed E-state index contributed by atoms with van der Waals surface area (Å²) in [6.07, 6.45) is 7.64. The van der Waals surface area contributed by atoms with Gasteiger partial charge in [-0.25, -0.2) is 4.98 Å². The predicted octanol–water partition coefficient (Wildman–Crippen LogP) is 3.56. The summed E-state index contributed by atoms with van der Waals surface area (Å²) in [5.74, 6) is 1.24. The fraction of sp³-hybridized carbons (Fsp3) is 0.706. The van der Waals surface area contributed by atoms with Crippen LogP contribution in [-0.2, 0) is 6.42 Å². The molecule has 0 radical (unpaired) electrons. The Labute approximate surface area is 122 Å². The molecule has 1 aliphatic rings. The van der Waals surface area contributed by atoms with Crippen molar-refractivity contribution in [2.45, 2.75) is 64.9 Å². The molecule has 1 aromatic rings. The lowest BCUT2D eigenvalue weighted by Crippen LogP contribution is -2.31. The van der Waals surface area contributed by atoms with Crippen molar-refractivity contribution in [2.75, 3.05) is 5.73 Å². The lowest BCUT2D eigenvalue weighted by molar-refractivity contribution is 0.0225. The maximum atomic E-state index is 10.9. The van der Waals surface area contributed by atoms with Crippen LogP contribution >= 0.6 is 0 Å². The highest BCUT2D eigenvalue weighted by atomic mass is 16.3. The Morgan fingerprint density at radius 3 is 2.75 bits per heavy atom. The van der Waals surface area contributed by atoms with E-state index in [4.69, 9.17) is 5.73 Å². The second kappa shape index (κ2) is 5.72. The Kier molecular flexibility index (Phi) is 4.38. The average molecular weight is 276 g/mol. The van der Waals surface area contributed by atoms with Crippen molar-refractivity contribution in [3.8, 4) is 0 Å². The first-order chi connectivity index (χ1) is 9.28. The van der Waals surface area contributed by atoms with Gasteiger partial charge in [0, 0.05) is 12.6 Å². The summed E-state index contributed by atoms with van der Waals surface area (Å²) in [6.45, 7) is 6.93. The molecule has 0 saturated heterocycles. The van der Waals surface area contributed by atoms with E-state index in [1.807, 2.05) is 12.1 Å². The van der Waals surface area contributed by atoms with E-state index in [0.29, 0.717) is 23.6 Å². The van der Waals surface area contributed by atoms with E-state index in [1.54, 1.807) is 6.20 Å². The van der Waals surface area contributed by atoms with Crippen LogP contribution in [0, 0.1) is 11.3 Å². The standard InChI is InChI=1S/C17H28N2O/c1-16(2,3)14-5-4-8-17(20,9-6-14)12-13-7-10-19-15(18)11-13/h7,10-11,14,20H,4-6,8-9,12H2,1-3H3,(H2,18,19). The molecular weight excluding hydrogens is 248 g/mol. The van der Waals surface area contributed by atoms with E-state index < -0.39 is 5.60 Å². The fourth-order valence-electron chi connectivity index (χ4n) is 3.42. The molecule has 2 rings (SSSR count). The molecule has 0 amide bonds. The van der Waals surface area contributed by atoms with Gasteiger partial charge in [-0.05, 0) is 54.7 Å². The highest BCUT2D eigenvalue weighted by molar-refractivity contribution is 5.32. The summed E-state index contributed by atoms with van der Waals surface area (Å²) in [5.41, 5.74) is 6.58. The third kappa shape index (κ3) is 3.95. The Hall–Kier alpha value is -1.09. The van der Waals surface area contributed by atoms with Gasteiger partial charge in [-0.3, -0.25) is 0 Å². The number of rotatable bonds is 2. The summed E-state index contributed by atoms with van der Waals surface area (Å²) in [6, 6.07) is 3.84. The van der Waals surface area contributed by atoms with Gasteiger partial charge in [0.1, 0.15) is 5.82 Å². The molecule has 2 atom stereocenters. The van der Waals surface area contributed by atoms with Gasteiger partial charge in [-0.15, -0.1) is 0 Å². The number of pyridine rings is 1. The number of nitrogens with two attached hydrogens (primary N) is 1. The number of aromatic nitrogens is 1. The first-order valence-electron chi connectivity index (χ1n) is 7.71. The van der Waals surface area contributed by atoms with Crippen LogP contribution in [0.5, 0.6) is 0 Å². The lowest BCUT2D eigenvalue weighted by Gasteiger charge is -2.31. The molecule has 1 heterocycles. The van der Waals surface area contributed by atoms with Crippen molar-refractivity contribution >= 4 is 5.82 Å². The molecule has 20 heavy (non-hydrogen) atoms. The van der Waals surface area contributed by atoms with Crippen LogP contribution in [0.1, 0.15) is 58.4 Å². The summed E-state index contributed by atoms with van der Waals surface area (Å²) in [4.78, 5) is 4.01. The van der Waals surface area contributed by atoms with Crippen molar-refractivity contribution in [1.29, 1.82) is 0 Å². The minimum Gasteiger partial charge on any atom is -0.390 e. The van der Waals surface area contributed by atoms with Crippen molar-refractivity contribution in [3.63, 3.8) is 0 Å². The SMILES string of the molecule is CC(C)(C)C1CCCC(O)(Cc2ccnc(N)c2)CC1. The van der Waals surface area contributed by atoms with Gasteiger partial charge >= 0.3 is 0 Å². The van der Waals surface area contributed by atoms with Gasteiger partial charge in [0.2, 0.25) is 0 Å². The number of nitrogens with zero attached hydrogens (tertiary/aromatic N) is 1. The maximum absolute atomic E-state index is 10.9. The molecule has 112 valence electrons. The van der Waals surface area contributed by atoms with Gasteiger partial charge in [0.15, 0.2) is 0 Å². The van der Waals surface area contributed by atoms with Crippen LogP contribution in [0.2, 0.25) is 0 Å². The number of hydrogen-bond acceptors (Lipinski definition) is 3. The first-order valence-corrected chi connectivity index (χ1v) is 7.71. The molecule has 3 nitrogen and oxygen atoms in total. The average Bonchev–Trinajstić information content (AvgIpc) is 2.50. The number of hydrogen-bond donors (Lipinski definition) is 2. The third-order valence-electron chi connectivity index (χ3n) is 4.76. The van der Waals surface area contributed by atoms with E-state index in [2.05, 4.69) is 25.8 Å². The largest absolute Gasteiger partial charge is 0.390 e. The minimum absolute atomic E-state index is 0.340. The zero-order valence-corrected chi connectivity index (χ0v) is 13.0. The van der Waals surface area contributed by atoms with E-state index >= 15 is 0 Å². The van der Waals surface area contributed by atoms with E-state index in [1.165, 1.54) is 6.42 Å². The molecule has 3 N–H and O–H groups in total. The molecule has 2 unspecified atom stereocenters. The number of anilines is 1. The molecule has 0 aliphatic heterocycles. The molecule has 1 fully saturated rings. The smallest absolute Gasteiger partial charge is 0.123 e. The highest BCUT2D eigenvalue weighted by Crippen LogP contribution is 2.40. The predicted molar refractivity (Wildman–Crippen MR) is 83.3 cm³/mol. The second-order valence-corrected chi connectivity index (χ2v) is 7.48. The molecule has 0 spiro atoms. The summed E-state index contributed by atoms with van der Waals surface area (Å²) in [5, 5.41) is 10.9. The van der Waals surface area contributed by atoms with Crippen molar-refractivity contribution in [1.82, 2.24) is 4.98 Å². The Bertz CT molecular complexity index is 453. The Morgan fingerprint density at radius 2 is 2.10 bits per heavy atom. The number of aliphatic hydroxyl groups is 1. The number of nitrogen functional groups attached to an aromatic ring is 1. The quantitative estimate of drug-likeness (QED) is 0.812. The zero-order valence-electron chi connectivity index (χ0n) is 13.0. The topological polar surface area (TPSA) is 59.1 Å². The zero-order chi connectivity index (χ0) is 14.8. The van der Waals surface area contributed by atoms with Gasteiger partial charge in [-0.2, -0.15) is 0 Å². The van der Waals surface area contributed by atoms with Crippen LogP contribution in [0.3, 0.4) is 0 Å². The summed E-state index contributed by atoms with van der Waals surface area (Å²) in [7, 11) is 0. The molecule has 1 saturated carbocycles. The molecule has 1 aromatic heterocycles. The monoisotopic (exact) mass is 276 g/mol. The highest BCUT2D eigenvalue weighted by Gasteiger charge is 2.34. The van der Waals surface area contributed by atoms with Crippen molar-refractivity contribution in [3.05, 3.63) is 23.9 Å². The Morgan fingerprint density at radius 1 is 1.35 bits per heavy atom. The molecule has 0 aromatic carbocycles. The lowest BCUT2D eigenvalue weighted by atomic mass is 9.76.